The topological polar surface area (TPSA) is 60.5 Å². The quantitative estimate of drug-likeness (QED) is 0.519. The molecule has 3 rings (SSSR count). The number of thiazole rings is 1. The minimum absolute atomic E-state index is 0.0211. The zero-order chi connectivity index (χ0) is 19.2. The number of hydrogen-bond acceptors (Lipinski definition) is 5. The summed E-state index contributed by atoms with van der Waals surface area (Å²) >= 11 is 5.20. The summed E-state index contributed by atoms with van der Waals surface area (Å²) in [6.45, 7) is 0.625. The molecule has 1 heterocycles. The molecule has 7 heteroatoms. The molecule has 3 aromatic rings. The van der Waals surface area contributed by atoms with Crippen LogP contribution in [0.4, 0.5) is 0 Å². The van der Waals surface area contributed by atoms with Crippen LogP contribution in [0.2, 0.25) is 0 Å². The zero-order valence-electron chi connectivity index (χ0n) is 15.3. The number of carbonyl (C=O) groups excluding carboxylic acids is 1. The molecule has 1 aromatic heterocycles. The highest BCUT2D eigenvalue weighted by Crippen LogP contribution is 2.33. The van der Waals surface area contributed by atoms with E-state index in [0.717, 1.165) is 33.4 Å². The van der Waals surface area contributed by atoms with Gasteiger partial charge in [0.2, 0.25) is 5.91 Å². The highest BCUT2D eigenvalue weighted by Gasteiger charge is 2.12. The first-order chi connectivity index (χ1) is 13.1. The summed E-state index contributed by atoms with van der Waals surface area (Å²) in [7, 11) is 3.17. The van der Waals surface area contributed by atoms with Crippen LogP contribution in [-0.2, 0) is 17.6 Å². The molecule has 27 heavy (non-hydrogen) atoms. The van der Waals surface area contributed by atoms with Crippen molar-refractivity contribution in [1.29, 1.82) is 0 Å². The van der Waals surface area contributed by atoms with Gasteiger partial charge in [-0.05, 0) is 36.2 Å². The lowest BCUT2D eigenvalue weighted by molar-refractivity contribution is -0.120. The molecular formula is C20H21BrN2O3S. The molecular weight excluding hydrogens is 428 g/mol. The van der Waals surface area contributed by atoms with Gasteiger partial charge in [0.05, 0.1) is 35.9 Å². The van der Waals surface area contributed by atoms with Gasteiger partial charge in [-0.15, -0.1) is 11.3 Å². The average molecular weight is 449 g/mol. The Morgan fingerprint density at radius 3 is 2.67 bits per heavy atom. The molecule has 142 valence electrons. The Kier molecular flexibility index (Phi) is 6.68. The van der Waals surface area contributed by atoms with Gasteiger partial charge in [-0.1, -0.05) is 28.1 Å². The Morgan fingerprint density at radius 1 is 1.19 bits per heavy atom. The molecule has 1 N–H and O–H groups in total. The van der Waals surface area contributed by atoms with Crippen LogP contribution in [0.15, 0.2) is 40.9 Å². The maximum atomic E-state index is 12.3. The van der Waals surface area contributed by atoms with Gasteiger partial charge < -0.3 is 14.8 Å². The fourth-order valence-electron chi connectivity index (χ4n) is 2.76. The van der Waals surface area contributed by atoms with Crippen LogP contribution >= 0.6 is 27.3 Å². The Hall–Kier alpha value is -2.12. The first-order valence-electron chi connectivity index (χ1n) is 8.62. The SMILES string of the molecule is COc1cc(Br)c(CC(=O)NCCCc2nc3ccccc3s2)cc1OC. The van der Waals surface area contributed by atoms with E-state index in [1.54, 1.807) is 25.6 Å². The molecule has 0 radical (unpaired) electrons. The largest absolute Gasteiger partial charge is 0.493 e. The molecule has 0 spiro atoms. The molecule has 0 aliphatic carbocycles. The number of para-hydroxylation sites is 1. The van der Waals surface area contributed by atoms with Crippen molar-refractivity contribution in [2.75, 3.05) is 20.8 Å². The molecule has 0 unspecified atom stereocenters. The van der Waals surface area contributed by atoms with Gasteiger partial charge in [-0.2, -0.15) is 0 Å². The molecule has 0 fully saturated rings. The summed E-state index contributed by atoms with van der Waals surface area (Å²) in [6.07, 6.45) is 2.00. The highest BCUT2D eigenvalue weighted by molar-refractivity contribution is 9.10. The van der Waals surface area contributed by atoms with E-state index in [1.807, 2.05) is 30.3 Å². The molecule has 0 saturated carbocycles. The number of ether oxygens (including phenoxy) is 2. The van der Waals surface area contributed by atoms with E-state index < -0.39 is 0 Å². The van der Waals surface area contributed by atoms with Crippen LogP contribution in [0.3, 0.4) is 0 Å². The summed E-state index contributed by atoms with van der Waals surface area (Å²) in [4.78, 5) is 16.9. The summed E-state index contributed by atoms with van der Waals surface area (Å²) in [5, 5.41) is 4.08. The van der Waals surface area contributed by atoms with Gasteiger partial charge in [-0.3, -0.25) is 4.79 Å². The number of fused-ring (bicyclic) bond motifs is 1. The minimum Gasteiger partial charge on any atom is -0.493 e. The third-order valence-electron chi connectivity index (χ3n) is 4.13. The fraction of sp³-hybridized carbons (Fsp3) is 0.300. The average Bonchev–Trinajstić information content (AvgIpc) is 3.09. The second kappa shape index (κ2) is 9.19. The Bertz CT molecular complexity index is 909. The molecule has 0 aliphatic heterocycles. The number of aromatic nitrogens is 1. The number of nitrogens with zero attached hydrogens (tertiary/aromatic N) is 1. The monoisotopic (exact) mass is 448 g/mol. The number of aryl methyl sites for hydroxylation is 1. The van der Waals surface area contributed by atoms with Crippen molar-refractivity contribution < 1.29 is 14.3 Å². The van der Waals surface area contributed by atoms with E-state index in [2.05, 4.69) is 32.3 Å². The smallest absolute Gasteiger partial charge is 0.224 e. The van der Waals surface area contributed by atoms with Crippen molar-refractivity contribution in [3.63, 3.8) is 0 Å². The predicted octanol–water partition coefficient (Wildman–Crippen LogP) is 4.37. The Morgan fingerprint density at radius 2 is 1.93 bits per heavy atom. The van der Waals surface area contributed by atoms with Crippen molar-refractivity contribution in [2.24, 2.45) is 0 Å². The first-order valence-corrected chi connectivity index (χ1v) is 10.2. The molecule has 5 nitrogen and oxygen atoms in total. The molecule has 0 atom stereocenters. The number of benzene rings is 2. The summed E-state index contributed by atoms with van der Waals surface area (Å²) in [5.41, 5.74) is 1.90. The molecule has 1 amide bonds. The maximum Gasteiger partial charge on any atom is 0.224 e. The zero-order valence-corrected chi connectivity index (χ0v) is 17.7. The van der Waals surface area contributed by atoms with E-state index in [4.69, 9.17) is 9.47 Å². The highest BCUT2D eigenvalue weighted by atomic mass is 79.9. The van der Waals surface area contributed by atoms with E-state index in [0.29, 0.717) is 18.0 Å². The summed E-state index contributed by atoms with van der Waals surface area (Å²) < 4.78 is 12.6. The number of halogens is 1. The molecule has 0 saturated heterocycles. The van der Waals surface area contributed by atoms with Crippen LogP contribution in [0, 0.1) is 0 Å². The standard InChI is InChI=1S/C20H21BrN2O3S/c1-25-16-10-13(14(21)12-17(16)26-2)11-19(24)22-9-5-8-20-23-15-6-3-4-7-18(15)27-20/h3-4,6-7,10,12H,5,8-9,11H2,1-2H3,(H,22,24). The van der Waals surface area contributed by atoms with E-state index in [-0.39, 0.29) is 12.3 Å². The van der Waals surface area contributed by atoms with Crippen LogP contribution in [0.1, 0.15) is 17.0 Å². The van der Waals surface area contributed by atoms with Crippen molar-refractivity contribution >= 4 is 43.4 Å². The lowest BCUT2D eigenvalue weighted by Crippen LogP contribution is -2.26. The first kappa shape index (κ1) is 19.6. The number of nitrogens with one attached hydrogen (secondary N) is 1. The van der Waals surface area contributed by atoms with Gasteiger partial charge in [0.25, 0.3) is 0 Å². The van der Waals surface area contributed by atoms with Crippen molar-refractivity contribution in [3.05, 3.63) is 51.4 Å². The third kappa shape index (κ3) is 4.99. The normalized spacial score (nSPS) is 10.8. The van der Waals surface area contributed by atoms with E-state index in [1.165, 1.54) is 4.70 Å². The van der Waals surface area contributed by atoms with Gasteiger partial charge in [0, 0.05) is 17.4 Å². The minimum atomic E-state index is -0.0211. The summed E-state index contributed by atoms with van der Waals surface area (Å²) in [5.74, 6) is 1.22. The lowest BCUT2D eigenvalue weighted by atomic mass is 10.1. The second-order valence-electron chi connectivity index (χ2n) is 6.00. The number of hydrogen-bond donors (Lipinski definition) is 1. The Balaban J connectivity index is 1.49. The van der Waals surface area contributed by atoms with Crippen LogP contribution in [0.5, 0.6) is 11.5 Å². The number of rotatable bonds is 8. The van der Waals surface area contributed by atoms with Gasteiger partial charge in [0.15, 0.2) is 11.5 Å². The van der Waals surface area contributed by atoms with Crippen molar-refractivity contribution in [1.82, 2.24) is 10.3 Å². The Labute approximate surface area is 170 Å². The van der Waals surface area contributed by atoms with Gasteiger partial charge in [-0.25, -0.2) is 4.98 Å². The number of carbonyl (C=O) groups is 1. The van der Waals surface area contributed by atoms with Crippen LogP contribution in [-0.4, -0.2) is 31.7 Å². The van der Waals surface area contributed by atoms with E-state index in [9.17, 15) is 4.79 Å². The van der Waals surface area contributed by atoms with Crippen molar-refractivity contribution in [3.8, 4) is 11.5 Å². The van der Waals surface area contributed by atoms with Gasteiger partial charge in [0.1, 0.15) is 0 Å². The third-order valence-corrected chi connectivity index (χ3v) is 5.97. The summed E-state index contributed by atoms with van der Waals surface area (Å²) in [6, 6.07) is 11.8. The molecule has 0 bridgehead atoms. The molecule has 2 aromatic carbocycles. The maximum absolute atomic E-state index is 12.3. The predicted molar refractivity (Wildman–Crippen MR) is 112 cm³/mol. The number of amides is 1. The van der Waals surface area contributed by atoms with Crippen LogP contribution < -0.4 is 14.8 Å². The second-order valence-corrected chi connectivity index (χ2v) is 7.97. The fourth-order valence-corrected chi connectivity index (χ4v) is 4.23. The van der Waals surface area contributed by atoms with E-state index >= 15 is 0 Å². The van der Waals surface area contributed by atoms with Crippen LogP contribution in [0.25, 0.3) is 10.2 Å². The molecule has 0 aliphatic rings. The lowest BCUT2D eigenvalue weighted by Gasteiger charge is -2.12. The number of methoxy groups -OCH3 is 2. The van der Waals surface area contributed by atoms with Gasteiger partial charge >= 0.3 is 0 Å². The van der Waals surface area contributed by atoms with Crippen molar-refractivity contribution in [2.45, 2.75) is 19.3 Å².